The monoisotopic (exact) mass is 1000 g/mol. The van der Waals surface area contributed by atoms with Gasteiger partial charge in [0.05, 0.1) is 40.4 Å². The lowest BCUT2D eigenvalue weighted by Gasteiger charge is -2.48. The van der Waals surface area contributed by atoms with E-state index in [-0.39, 0.29) is 65.4 Å². The highest BCUT2D eigenvalue weighted by atomic mass is 16.2. The van der Waals surface area contributed by atoms with Crippen molar-refractivity contribution in [2.75, 3.05) is 49.5 Å². The normalized spacial score (nSPS) is 26.8. The summed E-state index contributed by atoms with van der Waals surface area (Å²) in [5.41, 5.74) is 7.02. The number of anilines is 2. The molecule has 1 unspecified atom stereocenters. The molecule has 3 saturated carbocycles. The number of pyridine rings is 1. The van der Waals surface area contributed by atoms with Gasteiger partial charge in [0.15, 0.2) is 5.82 Å². The Kier molecular flexibility index (Phi) is 12.1. The molecule has 7 fully saturated rings. The maximum absolute atomic E-state index is 15.3. The molecule has 1 spiro atoms. The lowest BCUT2D eigenvalue weighted by atomic mass is 9.73. The number of amides is 5. The van der Waals surface area contributed by atoms with E-state index in [1.807, 2.05) is 39.0 Å². The summed E-state index contributed by atoms with van der Waals surface area (Å²) < 4.78 is 4.24. The number of rotatable bonds is 10. The van der Waals surface area contributed by atoms with Crippen molar-refractivity contribution in [3.63, 3.8) is 0 Å². The molecule has 0 radical (unpaired) electrons. The first-order valence-electron chi connectivity index (χ1n) is 28.2. The predicted octanol–water partition coefficient (Wildman–Crippen LogP) is 8.02. The first-order chi connectivity index (χ1) is 36.0. The maximum atomic E-state index is 15.3. The highest BCUT2D eigenvalue weighted by Gasteiger charge is 2.56. The Hall–Kier alpha value is -6.16. The molecule has 2 N–H and O–H groups in total. The fourth-order valence-corrected chi connectivity index (χ4v) is 14.1. The molecule has 8 aliphatic rings. The van der Waals surface area contributed by atoms with E-state index in [4.69, 9.17) is 15.1 Å². The van der Waals surface area contributed by atoms with Crippen molar-refractivity contribution in [1.29, 1.82) is 0 Å². The van der Waals surface area contributed by atoms with Crippen molar-refractivity contribution >= 4 is 63.0 Å². The minimum Gasteiger partial charge on any atom is -0.366 e. The second-order valence-corrected chi connectivity index (χ2v) is 23.6. The van der Waals surface area contributed by atoms with Crippen molar-refractivity contribution in [2.45, 2.75) is 165 Å². The van der Waals surface area contributed by atoms with Gasteiger partial charge in [-0.1, -0.05) is 24.6 Å². The van der Waals surface area contributed by atoms with Crippen molar-refractivity contribution in [3.05, 3.63) is 66.1 Å². The number of aromatic nitrogens is 5. The Bertz CT molecular complexity index is 3030. The number of imide groups is 1. The lowest BCUT2D eigenvalue weighted by molar-refractivity contribution is -0.144. The lowest BCUT2D eigenvalue weighted by Crippen LogP contribution is -2.58. The number of hydrogen-bond donors (Lipinski definition) is 2. The molecule has 8 heterocycles. The van der Waals surface area contributed by atoms with Crippen molar-refractivity contribution < 1.29 is 24.0 Å². The zero-order valence-electron chi connectivity index (χ0n) is 43.1. The van der Waals surface area contributed by atoms with Gasteiger partial charge in [-0.25, -0.2) is 9.97 Å². The van der Waals surface area contributed by atoms with Crippen LogP contribution in [0.15, 0.2) is 55.0 Å². The van der Waals surface area contributed by atoms with Crippen molar-refractivity contribution in [2.24, 2.45) is 11.8 Å². The number of carbonyl (C=O) groups is 5. The largest absolute Gasteiger partial charge is 0.366 e. The summed E-state index contributed by atoms with van der Waals surface area (Å²) in [5, 5.41) is 12.0. The Labute approximate surface area is 433 Å². The topological polar surface area (TPSA) is 171 Å². The van der Waals surface area contributed by atoms with Crippen molar-refractivity contribution in [1.82, 2.24) is 44.3 Å². The number of carbonyl (C=O) groups excluding carboxylic acids is 5. The van der Waals surface area contributed by atoms with E-state index in [0.717, 1.165) is 120 Å². The number of hydrogen-bond acceptors (Lipinski definition) is 10. The molecule has 388 valence electrons. The van der Waals surface area contributed by atoms with Crippen LogP contribution in [0.5, 0.6) is 0 Å². The molecule has 13 rings (SSSR count). The average Bonchev–Trinajstić information content (AvgIpc) is 3.86. The number of nitrogens with one attached hydrogen (secondary N) is 2. The van der Waals surface area contributed by atoms with Crippen LogP contribution in [0.25, 0.3) is 33.2 Å². The molecule has 74 heavy (non-hydrogen) atoms. The van der Waals surface area contributed by atoms with Gasteiger partial charge in [-0.2, -0.15) is 5.10 Å². The molecule has 4 saturated heterocycles. The van der Waals surface area contributed by atoms with Gasteiger partial charge in [-0.15, -0.1) is 0 Å². The molecule has 5 aromatic rings. The number of piperidine rings is 4. The van der Waals surface area contributed by atoms with Crippen LogP contribution < -0.4 is 15.5 Å². The van der Waals surface area contributed by atoms with Crippen LogP contribution in [-0.4, -0.2) is 126 Å². The van der Waals surface area contributed by atoms with Gasteiger partial charge in [-0.3, -0.25) is 34.0 Å². The van der Waals surface area contributed by atoms with E-state index in [2.05, 4.69) is 69.3 Å². The summed E-state index contributed by atoms with van der Waals surface area (Å²) >= 11 is 0. The first kappa shape index (κ1) is 47.5. The van der Waals surface area contributed by atoms with E-state index >= 15 is 4.79 Å². The Balaban J connectivity index is 0.655. The highest BCUT2D eigenvalue weighted by Crippen LogP contribution is 2.52. The summed E-state index contributed by atoms with van der Waals surface area (Å²) in [7, 11) is 0. The number of nitrogens with zero attached hydrogens (tertiary/aromatic N) is 9. The van der Waals surface area contributed by atoms with E-state index in [9.17, 15) is 19.2 Å². The average molecular weight is 1000 g/mol. The summed E-state index contributed by atoms with van der Waals surface area (Å²) in [6, 6.07) is 16.2. The van der Waals surface area contributed by atoms with Gasteiger partial charge in [0.25, 0.3) is 0 Å². The zero-order valence-corrected chi connectivity index (χ0v) is 43.1. The van der Waals surface area contributed by atoms with Gasteiger partial charge in [0.2, 0.25) is 29.5 Å². The number of imidazole rings is 1. The van der Waals surface area contributed by atoms with Gasteiger partial charge < -0.3 is 29.5 Å². The van der Waals surface area contributed by atoms with E-state index in [1.54, 1.807) is 0 Å². The molecule has 5 amide bonds. The van der Waals surface area contributed by atoms with Crippen LogP contribution in [0.4, 0.5) is 11.5 Å². The summed E-state index contributed by atoms with van der Waals surface area (Å²) in [6.07, 6.45) is 18.8. The van der Waals surface area contributed by atoms with E-state index in [1.165, 1.54) is 19.3 Å². The summed E-state index contributed by atoms with van der Waals surface area (Å²) in [6.45, 7) is 8.93. The van der Waals surface area contributed by atoms with Crippen LogP contribution in [0.3, 0.4) is 0 Å². The molecular weight excluding hydrogens is 931 g/mol. The van der Waals surface area contributed by atoms with Gasteiger partial charge in [-0.05, 0) is 159 Å². The molecule has 3 aliphatic carbocycles. The number of likely N-dealkylation sites (tertiary alicyclic amines) is 3. The summed E-state index contributed by atoms with van der Waals surface area (Å²) in [5.74, 6) is 0.507. The van der Waals surface area contributed by atoms with Crippen LogP contribution in [0, 0.1) is 11.8 Å². The number of fused-ring (bicyclic) bond motifs is 4. The van der Waals surface area contributed by atoms with Crippen LogP contribution >= 0.6 is 0 Å². The molecule has 0 bridgehead atoms. The molecule has 5 aliphatic heterocycles. The second-order valence-electron chi connectivity index (χ2n) is 23.6. The van der Waals surface area contributed by atoms with Crippen LogP contribution in [0.1, 0.15) is 152 Å². The molecule has 3 aromatic heterocycles. The molecule has 16 heteroatoms. The number of benzene rings is 2. The molecule has 2 aromatic carbocycles. The fraction of sp³-hybridized carbons (Fsp3) is 0.586. The second kappa shape index (κ2) is 18.9. The third-order valence-electron chi connectivity index (χ3n) is 18.8. The van der Waals surface area contributed by atoms with Crippen molar-refractivity contribution in [3.8, 4) is 11.3 Å². The quantitative estimate of drug-likeness (QED) is 0.131. The Morgan fingerprint density at radius 1 is 0.743 bits per heavy atom. The SMILES string of the molecule is CC(C)n1cnc2cc(-c3ccc4c(c3)N([C@H]3C[C@@H](N5CCCCC5)C3)C(=O)C43CCN(C(=O)C4CCN(C(=O)C5CCC(n6cc7cc(C8CCC(=O)NC8=O)ccc7n6)CC5)CC4)CC3)nc(NC3CC3)c21. The zero-order chi connectivity index (χ0) is 50.4. The van der Waals surface area contributed by atoms with Gasteiger partial charge >= 0.3 is 0 Å². The van der Waals surface area contributed by atoms with Crippen LogP contribution in [-0.2, 0) is 29.4 Å². The van der Waals surface area contributed by atoms with Gasteiger partial charge in [0, 0.05) is 91.4 Å². The van der Waals surface area contributed by atoms with Crippen LogP contribution in [0.2, 0.25) is 0 Å². The molecular formula is C58H71N11O5. The molecule has 16 nitrogen and oxygen atoms in total. The Morgan fingerprint density at radius 2 is 1.47 bits per heavy atom. The smallest absolute Gasteiger partial charge is 0.238 e. The minimum absolute atomic E-state index is 0.0322. The molecule has 1 atom stereocenters. The Morgan fingerprint density at radius 3 is 2.19 bits per heavy atom. The van der Waals surface area contributed by atoms with Gasteiger partial charge in [0.1, 0.15) is 5.52 Å². The highest BCUT2D eigenvalue weighted by molar-refractivity contribution is 6.09. The standard InChI is InChI=1S/C58H71N11O5/c1-35(2)67-34-59-49-32-48(61-53(52(49)67)60-41-10-11-41)39-8-15-46-50(29-39)69(44-30-43(31-44)64-22-4-3-5-23-64)57(74)58(46)20-26-66(27-21-58)56(73)37-18-24-65(25-19-37)55(72)36-6-12-42(13-7-36)68-33-40-28-38(9-16-47(40)63-68)45-14-17-51(70)62-54(45)71/h8-9,15-16,28-29,32-37,41-45H,3-7,10-14,17-27,30-31H2,1-2H3,(H,60,61)(H,62,70,71)/t36?,42?,43-,44+,45?. The fourth-order valence-electron chi connectivity index (χ4n) is 14.1. The summed E-state index contributed by atoms with van der Waals surface area (Å²) in [4.78, 5) is 86.8. The third-order valence-corrected chi connectivity index (χ3v) is 18.8. The predicted molar refractivity (Wildman–Crippen MR) is 282 cm³/mol. The maximum Gasteiger partial charge on any atom is 0.238 e. The third kappa shape index (κ3) is 8.46. The minimum atomic E-state index is -0.673. The van der Waals surface area contributed by atoms with E-state index < -0.39 is 5.41 Å². The first-order valence-corrected chi connectivity index (χ1v) is 28.2. The van der Waals surface area contributed by atoms with E-state index in [0.29, 0.717) is 76.8 Å².